The number of amides is 3. The van der Waals surface area contributed by atoms with E-state index in [0.29, 0.717) is 37.4 Å². The van der Waals surface area contributed by atoms with Crippen LogP contribution in [0.4, 0.5) is 4.79 Å². The van der Waals surface area contributed by atoms with E-state index in [1.165, 1.54) is 0 Å². The van der Waals surface area contributed by atoms with E-state index in [2.05, 4.69) is 16.8 Å². The number of ether oxygens (including phenoxy) is 1. The van der Waals surface area contributed by atoms with Crippen LogP contribution >= 0.6 is 0 Å². The first-order valence-electron chi connectivity index (χ1n) is 12.4. The fourth-order valence-electron chi connectivity index (χ4n) is 4.84. The Labute approximate surface area is 208 Å². The summed E-state index contributed by atoms with van der Waals surface area (Å²) in [5.74, 6) is -0.345. The van der Waals surface area contributed by atoms with E-state index in [0.717, 1.165) is 11.1 Å². The Morgan fingerprint density at radius 1 is 1.26 bits per heavy atom. The van der Waals surface area contributed by atoms with Gasteiger partial charge in [-0.1, -0.05) is 44.2 Å². The number of aryl methyl sites for hydroxylation is 1. The predicted molar refractivity (Wildman–Crippen MR) is 135 cm³/mol. The standard InChI is InChI=1S/C27H38N4O4/c1-7-13-31-22(17-29-14-15-30(20(6)16-29)25(32)18(3)4)23(26(33)35-8-2)24(28-27(31)34)21-12-10-9-11-19(21)5/h7,9-12,18,20,24H,1,8,13-17H2,2-6H3,(H,28,34)/t20-,24-/m1/s1. The number of urea groups is 1. The van der Waals surface area contributed by atoms with Gasteiger partial charge in [0.1, 0.15) is 0 Å². The smallest absolute Gasteiger partial charge is 0.338 e. The molecule has 8 heteroatoms. The lowest BCUT2D eigenvalue weighted by Gasteiger charge is -2.43. The zero-order valence-corrected chi connectivity index (χ0v) is 21.5. The fourth-order valence-corrected chi connectivity index (χ4v) is 4.84. The molecule has 2 aliphatic rings. The number of hydrogen-bond acceptors (Lipinski definition) is 5. The summed E-state index contributed by atoms with van der Waals surface area (Å²) in [4.78, 5) is 44.9. The molecule has 2 heterocycles. The Morgan fingerprint density at radius 2 is 1.97 bits per heavy atom. The number of nitrogens with zero attached hydrogens (tertiary/aromatic N) is 3. The molecule has 1 N–H and O–H groups in total. The van der Waals surface area contributed by atoms with Gasteiger partial charge in [0.05, 0.1) is 18.2 Å². The van der Waals surface area contributed by atoms with Crippen molar-refractivity contribution in [1.82, 2.24) is 20.0 Å². The van der Waals surface area contributed by atoms with Crippen LogP contribution in [0.25, 0.3) is 0 Å². The Balaban J connectivity index is 2.02. The number of esters is 1. The minimum Gasteiger partial charge on any atom is -0.463 e. The zero-order chi connectivity index (χ0) is 25.7. The SMILES string of the molecule is C=CCN1C(=O)N[C@H](c2ccccc2C)C(C(=O)OCC)=C1CN1CCN(C(=O)C(C)C)[C@H](C)C1. The maximum atomic E-state index is 13.3. The van der Waals surface area contributed by atoms with Crippen LogP contribution in [0.3, 0.4) is 0 Å². The molecular formula is C27H38N4O4. The number of piperazine rings is 1. The van der Waals surface area contributed by atoms with Crippen molar-refractivity contribution in [2.45, 2.75) is 46.7 Å². The Hall–Kier alpha value is -3.13. The fraction of sp³-hybridized carbons (Fsp3) is 0.519. The first kappa shape index (κ1) is 26.5. The predicted octanol–water partition coefficient (Wildman–Crippen LogP) is 3.25. The van der Waals surface area contributed by atoms with Gasteiger partial charge in [0.2, 0.25) is 5.91 Å². The van der Waals surface area contributed by atoms with Crippen molar-refractivity contribution in [3.63, 3.8) is 0 Å². The van der Waals surface area contributed by atoms with Gasteiger partial charge in [0.25, 0.3) is 0 Å². The van der Waals surface area contributed by atoms with E-state index < -0.39 is 12.0 Å². The summed E-state index contributed by atoms with van der Waals surface area (Å²) in [5, 5.41) is 3.02. The highest BCUT2D eigenvalue weighted by Crippen LogP contribution is 2.34. The van der Waals surface area contributed by atoms with Gasteiger partial charge in [-0.25, -0.2) is 9.59 Å². The van der Waals surface area contributed by atoms with E-state index in [1.807, 2.05) is 56.9 Å². The van der Waals surface area contributed by atoms with E-state index >= 15 is 0 Å². The first-order valence-corrected chi connectivity index (χ1v) is 12.4. The molecule has 1 aromatic carbocycles. The van der Waals surface area contributed by atoms with Crippen molar-refractivity contribution in [3.8, 4) is 0 Å². The molecule has 3 rings (SSSR count). The van der Waals surface area contributed by atoms with Gasteiger partial charge < -0.3 is 15.0 Å². The average Bonchev–Trinajstić information content (AvgIpc) is 2.81. The maximum Gasteiger partial charge on any atom is 0.338 e. The van der Waals surface area contributed by atoms with Gasteiger partial charge in [-0.15, -0.1) is 6.58 Å². The summed E-state index contributed by atoms with van der Waals surface area (Å²) in [7, 11) is 0. The second-order valence-electron chi connectivity index (χ2n) is 9.49. The summed E-state index contributed by atoms with van der Waals surface area (Å²) in [6, 6.07) is 6.87. The molecule has 35 heavy (non-hydrogen) atoms. The molecule has 1 saturated heterocycles. The molecule has 2 atom stereocenters. The molecule has 0 unspecified atom stereocenters. The molecule has 0 aliphatic carbocycles. The summed E-state index contributed by atoms with van der Waals surface area (Å²) in [6.45, 7) is 16.2. The second-order valence-corrected chi connectivity index (χ2v) is 9.49. The van der Waals surface area contributed by atoms with Crippen LogP contribution in [0.2, 0.25) is 0 Å². The van der Waals surface area contributed by atoms with E-state index in [-0.39, 0.29) is 37.0 Å². The van der Waals surface area contributed by atoms with Gasteiger partial charge in [0.15, 0.2) is 0 Å². The van der Waals surface area contributed by atoms with E-state index in [1.54, 1.807) is 17.9 Å². The van der Waals surface area contributed by atoms with Crippen LogP contribution in [0, 0.1) is 12.8 Å². The van der Waals surface area contributed by atoms with Gasteiger partial charge >= 0.3 is 12.0 Å². The van der Waals surface area contributed by atoms with Crippen molar-refractivity contribution in [1.29, 1.82) is 0 Å². The third-order valence-electron chi connectivity index (χ3n) is 6.61. The Morgan fingerprint density at radius 3 is 2.57 bits per heavy atom. The third-order valence-corrected chi connectivity index (χ3v) is 6.61. The van der Waals surface area contributed by atoms with Crippen LogP contribution in [0.1, 0.15) is 44.9 Å². The number of rotatable bonds is 8. The largest absolute Gasteiger partial charge is 0.463 e. The number of hydrogen-bond donors (Lipinski definition) is 1. The van der Waals surface area contributed by atoms with Crippen molar-refractivity contribution in [2.75, 3.05) is 39.3 Å². The van der Waals surface area contributed by atoms with Crippen LogP contribution in [-0.2, 0) is 14.3 Å². The molecule has 0 saturated carbocycles. The highest BCUT2D eigenvalue weighted by molar-refractivity contribution is 5.95. The lowest BCUT2D eigenvalue weighted by atomic mass is 9.91. The van der Waals surface area contributed by atoms with Gasteiger partial charge in [0, 0.05) is 50.4 Å². The van der Waals surface area contributed by atoms with Crippen molar-refractivity contribution >= 4 is 17.9 Å². The lowest BCUT2D eigenvalue weighted by molar-refractivity contribution is -0.139. The van der Waals surface area contributed by atoms with E-state index in [4.69, 9.17) is 4.74 Å². The molecule has 8 nitrogen and oxygen atoms in total. The minimum absolute atomic E-state index is 0.0303. The third kappa shape index (κ3) is 5.75. The topological polar surface area (TPSA) is 82.2 Å². The summed E-state index contributed by atoms with van der Waals surface area (Å²) < 4.78 is 5.48. The molecule has 0 aromatic heterocycles. The molecule has 0 radical (unpaired) electrons. The Kier molecular flexibility index (Phi) is 8.72. The number of carbonyl (C=O) groups excluding carboxylic acids is 3. The Bertz CT molecular complexity index is 1000. The first-order chi connectivity index (χ1) is 16.7. The highest BCUT2D eigenvalue weighted by atomic mass is 16.5. The number of benzene rings is 1. The van der Waals surface area contributed by atoms with Gasteiger partial charge in [-0.05, 0) is 31.9 Å². The molecule has 0 spiro atoms. The van der Waals surface area contributed by atoms with Crippen LogP contribution in [0.15, 0.2) is 48.2 Å². The highest BCUT2D eigenvalue weighted by Gasteiger charge is 2.39. The molecule has 3 amide bonds. The van der Waals surface area contributed by atoms with Crippen molar-refractivity contribution in [2.24, 2.45) is 5.92 Å². The summed E-state index contributed by atoms with van der Waals surface area (Å²) >= 11 is 0. The monoisotopic (exact) mass is 482 g/mol. The average molecular weight is 483 g/mol. The normalized spacial score (nSPS) is 21.3. The zero-order valence-electron chi connectivity index (χ0n) is 21.5. The molecule has 2 aliphatic heterocycles. The molecule has 1 aromatic rings. The van der Waals surface area contributed by atoms with Gasteiger partial charge in [-0.3, -0.25) is 14.6 Å². The lowest BCUT2D eigenvalue weighted by Crippen LogP contribution is -2.57. The summed E-state index contributed by atoms with van der Waals surface area (Å²) in [6.07, 6.45) is 1.65. The van der Waals surface area contributed by atoms with Crippen LogP contribution in [-0.4, -0.2) is 78.0 Å². The van der Waals surface area contributed by atoms with Gasteiger partial charge in [-0.2, -0.15) is 0 Å². The molecular weight excluding hydrogens is 444 g/mol. The minimum atomic E-state index is -0.611. The molecule has 0 bridgehead atoms. The van der Waals surface area contributed by atoms with Crippen LogP contribution < -0.4 is 5.32 Å². The maximum absolute atomic E-state index is 13.3. The quantitative estimate of drug-likeness (QED) is 0.454. The number of carbonyl (C=O) groups is 3. The van der Waals surface area contributed by atoms with Crippen LogP contribution in [0.5, 0.6) is 0 Å². The molecule has 1 fully saturated rings. The van der Waals surface area contributed by atoms with Crippen molar-refractivity contribution < 1.29 is 19.1 Å². The van der Waals surface area contributed by atoms with Crippen molar-refractivity contribution in [3.05, 3.63) is 59.3 Å². The number of nitrogens with one attached hydrogen (secondary N) is 1. The van der Waals surface area contributed by atoms with E-state index in [9.17, 15) is 14.4 Å². The second kappa shape index (κ2) is 11.5. The summed E-state index contributed by atoms with van der Waals surface area (Å²) in [5.41, 5.74) is 2.90. The molecule has 190 valence electrons.